The van der Waals surface area contributed by atoms with Gasteiger partial charge in [-0.05, 0) is 80.2 Å². The minimum atomic E-state index is -0.598. The van der Waals surface area contributed by atoms with Crippen LogP contribution < -0.4 is 25.6 Å². The van der Waals surface area contributed by atoms with Crippen molar-refractivity contribution in [3.05, 3.63) is 95.3 Å². The summed E-state index contributed by atoms with van der Waals surface area (Å²) in [5.41, 5.74) is 9.45. The quantitative estimate of drug-likeness (QED) is 0.0395. The Kier molecular flexibility index (Phi) is 19.0. The summed E-state index contributed by atoms with van der Waals surface area (Å²) in [6, 6.07) is 15.0. The highest BCUT2D eigenvalue weighted by Crippen LogP contribution is 2.26. The van der Waals surface area contributed by atoms with Crippen LogP contribution in [0.3, 0.4) is 0 Å². The van der Waals surface area contributed by atoms with E-state index >= 15 is 0 Å². The van der Waals surface area contributed by atoms with Gasteiger partial charge in [0.2, 0.25) is 0 Å². The third kappa shape index (κ3) is 14.8. The van der Waals surface area contributed by atoms with Gasteiger partial charge < -0.3 is 20.0 Å². The van der Waals surface area contributed by atoms with Gasteiger partial charge in [0, 0.05) is 24.6 Å². The zero-order valence-corrected chi connectivity index (χ0v) is 27.2. The zero-order valence-electron chi connectivity index (χ0n) is 26.4. The maximum Gasteiger partial charge on any atom is 0.252 e. The third-order valence-corrected chi connectivity index (χ3v) is 6.36. The Morgan fingerprint density at radius 2 is 1.88 bits per heavy atom. The molecule has 9 nitrogen and oxygen atoms in total. The van der Waals surface area contributed by atoms with Crippen LogP contribution in [0.4, 0.5) is 0 Å². The molecule has 0 saturated carbocycles. The van der Waals surface area contributed by atoms with Gasteiger partial charge in [-0.3, -0.25) is 20.0 Å². The van der Waals surface area contributed by atoms with E-state index in [4.69, 9.17) is 25.2 Å². The number of benzene rings is 2. The number of carbonyl (C=O) groups is 1. The van der Waals surface area contributed by atoms with Crippen molar-refractivity contribution in [2.24, 2.45) is 16.0 Å². The van der Waals surface area contributed by atoms with Gasteiger partial charge in [-0.1, -0.05) is 61.5 Å². The van der Waals surface area contributed by atoms with Crippen molar-refractivity contribution in [1.82, 2.24) is 10.0 Å². The molecule has 0 aliphatic carbocycles. The van der Waals surface area contributed by atoms with E-state index in [-0.39, 0.29) is 11.9 Å². The smallest absolute Gasteiger partial charge is 0.252 e. The van der Waals surface area contributed by atoms with E-state index in [1.165, 1.54) is 0 Å². The number of allylic oxidation sites excluding steroid dienone is 2. The summed E-state index contributed by atoms with van der Waals surface area (Å²) in [5, 5.41) is 12.5. The molecule has 0 aliphatic heterocycles. The lowest BCUT2D eigenvalue weighted by atomic mass is 10.0. The SMILES string of the molecule is C=CC(C)NC(C(=O)NSN)c1cc(/C=C(/CCC)OC)cc(OCC)c1.CC/C=C(C)/C(N)=N/OCc1ccccc1. The first-order valence-electron chi connectivity index (χ1n) is 14.5. The fraction of sp³-hybridized carbons (Fsp3) is 0.394. The second-order valence-electron chi connectivity index (χ2n) is 9.57. The molecule has 0 saturated heterocycles. The van der Waals surface area contributed by atoms with Crippen molar-refractivity contribution < 1.29 is 19.1 Å². The molecule has 43 heavy (non-hydrogen) atoms. The minimum absolute atomic E-state index is 0.0621. The van der Waals surface area contributed by atoms with E-state index in [1.807, 2.05) is 81.5 Å². The molecule has 0 radical (unpaired) electrons. The molecular weight excluding hydrogens is 562 g/mol. The van der Waals surface area contributed by atoms with Crippen molar-refractivity contribution in [2.45, 2.75) is 72.6 Å². The Hall–Kier alpha value is -3.73. The highest BCUT2D eigenvalue weighted by molar-refractivity contribution is 7.95. The first-order valence-corrected chi connectivity index (χ1v) is 15.3. The van der Waals surface area contributed by atoms with Gasteiger partial charge in [0.05, 0.1) is 19.5 Å². The van der Waals surface area contributed by atoms with Gasteiger partial charge >= 0.3 is 0 Å². The molecular formula is C33H49N5O4S. The number of rotatable bonds is 17. The van der Waals surface area contributed by atoms with Crippen LogP contribution in [0.5, 0.6) is 5.75 Å². The summed E-state index contributed by atoms with van der Waals surface area (Å²) in [7, 11) is 1.66. The molecule has 2 unspecified atom stereocenters. The van der Waals surface area contributed by atoms with Gasteiger partial charge in [-0.2, -0.15) is 0 Å². The molecule has 2 rings (SSSR count). The van der Waals surface area contributed by atoms with E-state index in [9.17, 15) is 4.79 Å². The van der Waals surface area contributed by atoms with Gasteiger partial charge in [0.1, 0.15) is 18.4 Å². The van der Waals surface area contributed by atoms with Gasteiger partial charge in [-0.25, -0.2) is 0 Å². The molecule has 10 heteroatoms. The Balaban J connectivity index is 0.000000490. The molecule has 0 aromatic heterocycles. The maximum absolute atomic E-state index is 12.6. The van der Waals surface area contributed by atoms with Crippen LogP contribution in [0.25, 0.3) is 6.08 Å². The average Bonchev–Trinajstić information content (AvgIpc) is 3.00. The Labute approximate surface area is 262 Å². The summed E-state index contributed by atoms with van der Waals surface area (Å²) in [4.78, 5) is 17.7. The first-order chi connectivity index (χ1) is 20.7. The number of nitrogens with one attached hydrogen (secondary N) is 2. The number of ether oxygens (including phenoxy) is 2. The molecule has 236 valence electrons. The van der Waals surface area contributed by atoms with Crippen molar-refractivity contribution in [2.75, 3.05) is 13.7 Å². The van der Waals surface area contributed by atoms with Gasteiger partial charge in [-0.15, -0.1) is 6.58 Å². The number of carbonyl (C=O) groups excluding carboxylic acids is 1. The highest BCUT2D eigenvalue weighted by Gasteiger charge is 2.23. The number of amidine groups is 1. The van der Waals surface area contributed by atoms with Crippen LogP contribution in [-0.2, 0) is 21.0 Å². The molecule has 0 heterocycles. The maximum atomic E-state index is 12.6. The van der Waals surface area contributed by atoms with Crippen LogP contribution in [0.15, 0.2) is 83.7 Å². The normalized spacial score (nSPS) is 13.2. The summed E-state index contributed by atoms with van der Waals surface area (Å²) in [6.07, 6.45) is 8.50. The van der Waals surface area contributed by atoms with Crippen LogP contribution in [0.1, 0.15) is 76.6 Å². The second-order valence-corrected chi connectivity index (χ2v) is 10.0. The molecule has 2 aromatic rings. The zero-order chi connectivity index (χ0) is 32.0. The number of hydrogen-bond donors (Lipinski definition) is 4. The van der Waals surface area contributed by atoms with E-state index in [0.717, 1.165) is 59.4 Å². The van der Waals surface area contributed by atoms with Gasteiger partial charge in [0.25, 0.3) is 5.91 Å². The number of nitrogens with two attached hydrogens (primary N) is 2. The van der Waals surface area contributed by atoms with Crippen molar-refractivity contribution in [3.8, 4) is 5.75 Å². The topological polar surface area (TPSA) is 133 Å². The fourth-order valence-corrected chi connectivity index (χ4v) is 4.05. The first kappa shape index (κ1) is 37.3. The summed E-state index contributed by atoms with van der Waals surface area (Å²) in [5.74, 6) is 1.78. The number of hydrogen-bond acceptors (Lipinski definition) is 8. The van der Waals surface area contributed by atoms with E-state index in [2.05, 4.69) is 35.6 Å². The molecule has 2 atom stereocenters. The van der Waals surface area contributed by atoms with Crippen molar-refractivity contribution >= 4 is 30.0 Å². The number of nitrogens with zero attached hydrogens (tertiary/aromatic N) is 1. The van der Waals surface area contributed by atoms with Crippen LogP contribution in [-0.4, -0.2) is 31.5 Å². The van der Waals surface area contributed by atoms with E-state index in [0.29, 0.717) is 24.8 Å². The lowest BCUT2D eigenvalue weighted by Gasteiger charge is -2.22. The summed E-state index contributed by atoms with van der Waals surface area (Å²) < 4.78 is 13.8. The van der Waals surface area contributed by atoms with Crippen molar-refractivity contribution in [1.29, 1.82) is 0 Å². The molecule has 2 aromatic carbocycles. The highest BCUT2D eigenvalue weighted by atomic mass is 32.2. The van der Waals surface area contributed by atoms with Crippen LogP contribution >= 0.6 is 12.1 Å². The Morgan fingerprint density at radius 3 is 2.47 bits per heavy atom. The number of oxime groups is 1. The molecule has 0 spiro atoms. The largest absolute Gasteiger partial charge is 0.501 e. The lowest BCUT2D eigenvalue weighted by molar-refractivity contribution is -0.121. The molecule has 0 aliphatic rings. The van der Waals surface area contributed by atoms with Gasteiger partial charge in [0.15, 0.2) is 5.84 Å². The fourth-order valence-electron chi connectivity index (χ4n) is 3.82. The van der Waals surface area contributed by atoms with Crippen LogP contribution in [0.2, 0.25) is 0 Å². The number of amides is 1. The number of methoxy groups -OCH3 is 1. The van der Waals surface area contributed by atoms with E-state index in [1.54, 1.807) is 13.2 Å². The van der Waals surface area contributed by atoms with E-state index < -0.39 is 6.04 Å². The second kappa shape index (κ2) is 21.9. The molecule has 1 amide bonds. The van der Waals surface area contributed by atoms with Crippen LogP contribution in [0, 0.1) is 0 Å². The Morgan fingerprint density at radius 1 is 1.16 bits per heavy atom. The third-order valence-electron chi connectivity index (χ3n) is 6.04. The average molecular weight is 612 g/mol. The summed E-state index contributed by atoms with van der Waals surface area (Å²) in [6.45, 7) is 14.7. The molecule has 0 fully saturated rings. The lowest BCUT2D eigenvalue weighted by Crippen LogP contribution is -2.39. The Bertz CT molecular complexity index is 1200. The summed E-state index contributed by atoms with van der Waals surface area (Å²) >= 11 is 0.778. The standard InChI is InChI=1S/C20H31N3O3S.C13H18N2O/c1-6-9-17(25-5)11-15-10-16(13-18(12-15)26-8-3)19(20(24)23-27-21)22-14(4)7-2;1-3-7-11(2)13(14)15-16-10-12-8-5-4-6-9-12/h7,10-14,19,22H,2,6,8-9,21H2,1,3-5H3,(H,23,24);4-9H,3,10H2,1-2H3,(H2,14,15)/b17-11-;11-7+. The predicted molar refractivity (Wildman–Crippen MR) is 180 cm³/mol. The monoisotopic (exact) mass is 611 g/mol. The minimum Gasteiger partial charge on any atom is -0.501 e. The predicted octanol–water partition coefficient (Wildman–Crippen LogP) is 6.55. The van der Waals surface area contributed by atoms with Crippen molar-refractivity contribution in [3.63, 3.8) is 0 Å². The molecule has 6 N–H and O–H groups in total. The molecule has 0 bridgehead atoms.